The number of fused-ring (bicyclic) bond motifs is 3. The fourth-order valence-corrected chi connectivity index (χ4v) is 9.30. The molecular weight excluding hydrogens is 749 g/mol. The number of piperazine rings is 1. The highest BCUT2D eigenvalue weighted by atomic mass is 16.5. The Morgan fingerprint density at radius 2 is 1.81 bits per heavy atom. The molecule has 0 radical (unpaired) electrons. The summed E-state index contributed by atoms with van der Waals surface area (Å²) in [7, 11) is 1.92. The molecule has 0 bridgehead atoms. The van der Waals surface area contributed by atoms with E-state index < -0.39 is 5.92 Å². The summed E-state index contributed by atoms with van der Waals surface area (Å²) in [6, 6.07) is 14.5. The van der Waals surface area contributed by atoms with Crippen LogP contribution in [-0.2, 0) is 40.8 Å². The number of pyridine rings is 1. The van der Waals surface area contributed by atoms with Crippen LogP contribution < -0.4 is 30.5 Å². The van der Waals surface area contributed by atoms with Crippen LogP contribution in [0.1, 0.15) is 46.8 Å². The van der Waals surface area contributed by atoms with Crippen LogP contribution in [0, 0.1) is 6.92 Å². The normalized spacial score (nSPS) is 19.7. The third kappa shape index (κ3) is 7.04. The van der Waals surface area contributed by atoms with Gasteiger partial charge in [-0.15, -0.1) is 0 Å². The van der Waals surface area contributed by atoms with E-state index in [0.717, 1.165) is 107 Å². The lowest BCUT2D eigenvalue weighted by molar-refractivity contribution is -0.134. The first kappa shape index (κ1) is 37.0. The second kappa shape index (κ2) is 15.1. The molecule has 16 heteroatoms. The predicted molar refractivity (Wildman–Crippen MR) is 223 cm³/mol. The van der Waals surface area contributed by atoms with Crippen molar-refractivity contribution in [2.45, 2.75) is 51.1 Å². The van der Waals surface area contributed by atoms with Crippen molar-refractivity contribution in [3.8, 4) is 5.88 Å². The summed E-state index contributed by atoms with van der Waals surface area (Å²) in [6.07, 6.45) is 5.79. The van der Waals surface area contributed by atoms with E-state index in [-0.39, 0.29) is 17.7 Å². The van der Waals surface area contributed by atoms with Gasteiger partial charge < -0.3 is 30.1 Å². The largest absolute Gasteiger partial charge is 0.474 e. The minimum absolute atomic E-state index is 0.130. The molecule has 3 aromatic heterocycles. The fraction of sp³-hybridized carbons (Fsp3) is 0.419. The number of carbonyl (C=O) groups is 3. The lowest BCUT2D eigenvalue weighted by Crippen LogP contribution is -2.63. The van der Waals surface area contributed by atoms with E-state index in [1.54, 1.807) is 0 Å². The monoisotopic (exact) mass is 796 g/mol. The molecule has 1 unspecified atom stereocenters. The molecule has 1 atom stereocenters. The van der Waals surface area contributed by atoms with Crippen molar-refractivity contribution in [3.05, 3.63) is 82.9 Å². The van der Waals surface area contributed by atoms with Crippen molar-refractivity contribution < 1.29 is 19.1 Å². The number of benzene rings is 2. The SMILES string of the molecule is Cc1c(N2CCc3cnc(Nc4cccc(CC(=O)N5CCN(C6CN(c7cccc8c(C9CCC(=O)NC9=O)nn(C)c78)C6)CC5)c4)nc3C2)cnc2c1NCCO2. The third-order valence-electron chi connectivity index (χ3n) is 12.6. The molecule has 59 heavy (non-hydrogen) atoms. The molecule has 3 N–H and O–H groups in total. The van der Waals surface area contributed by atoms with E-state index >= 15 is 0 Å². The number of para-hydroxylation sites is 1. The Hall–Kier alpha value is -6.29. The topological polar surface area (TPSA) is 166 Å². The van der Waals surface area contributed by atoms with Crippen LogP contribution >= 0.6 is 0 Å². The van der Waals surface area contributed by atoms with Crippen molar-refractivity contribution in [1.29, 1.82) is 0 Å². The summed E-state index contributed by atoms with van der Waals surface area (Å²) < 4.78 is 7.60. The van der Waals surface area contributed by atoms with Gasteiger partial charge in [-0.25, -0.2) is 15.0 Å². The molecule has 3 saturated heterocycles. The Bertz CT molecular complexity index is 2470. The van der Waals surface area contributed by atoms with E-state index in [2.05, 4.69) is 53.6 Å². The van der Waals surface area contributed by atoms with E-state index in [9.17, 15) is 14.4 Å². The molecule has 0 saturated carbocycles. The molecule has 0 spiro atoms. The molecule has 5 aromatic rings. The van der Waals surface area contributed by atoms with E-state index in [4.69, 9.17) is 14.8 Å². The van der Waals surface area contributed by atoms with E-state index in [0.29, 0.717) is 63.4 Å². The molecule has 3 fully saturated rings. The van der Waals surface area contributed by atoms with Crippen LogP contribution in [0.25, 0.3) is 10.9 Å². The van der Waals surface area contributed by atoms with Crippen LogP contribution in [0.3, 0.4) is 0 Å². The van der Waals surface area contributed by atoms with Crippen LogP contribution in [0.4, 0.5) is 28.7 Å². The molecule has 2 aromatic carbocycles. The van der Waals surface area contributed by atoms with Gasteiger partial charge in [0.25, 0.3) is 0 Å². The molecule has 0 aliphatic carbocycles. The Morgan fingerprint density at radius 1 is 0.966 bits per heavy atom. The van der Waals surface area contributed by atoms with Crippen molar-refractivity contribution in [2.24, 2.45) is 7.05 Å². The molecule has 8 heterocycles. The summed E-state index contributed by atoms with van der Waals surface area (Å²) in [6.45, 7) is 9.86. The summed E-state index contributed by atoms with van der Waals surface area (Å²) in [4.78, 5) is 61.3. The van der Waals surface area contributed by atoms with Gasteiger partial charge in [0.1, 0.15) is 12.3 Å². The van der Waals surface area contributed by atoms with Gasteiger partial charge in [0.2, 0.25) is 29.5 Å². The quantitative estimate of drug-likeness (QED) is 0.196. The maximum Gasteiger partial charge on any atom is 0.237 e. The molecule has 10 rings (SSSR count). The number of piperidine rings is 1. The lowest BCUT2D eigenvalue weighted by atomic mass is 9.92. The van der Waals surface area contributed by atoms with Gasteiger partial charge in [-0.2, -0.15) is 5.10 Å². The van der Waals surface area contributed by atoms with Gasteiger partial charge in [-0.05, 0) is 49.1 Å². The van der Waals surface area contributed by atoms with E-state index in [1.165, 1.54) is 0 Å². The fourth-order valence-electron chi connectivity index (χ4n) is 9.30. The number of nitrogens with zero attached hydrogens (tertiary/aromatic N) is 9. The first-order valence-corrected chi connectivity index (χ1v) is 20.6. The standard InChI is InChI=1S/C43H48N12O4/c1-26-35(22-45-42-38(26)44-12-18-59-42)54-13-11-28-21-46-43(48-33(28)25-54)47-29-6-3-5-27(19-29)20-37(57)53-16-14-52(15-17-53)30-23-55(24-30)34-8-4-7-31-39(50-51(2)40(31)34)32-9-10-36(56)49-41(32)58/h3-8,19,21-22,30,32,44H,9-18,20,23-25H2,1-2H3,(H,46,47,48)(H,49,56,58). The second-order valence-electron chi connectivity index (χ2n) is 16.2. The van der Waals surface area contributed by atoms with Crippen LogP contribution in [0.15, 0.2) is 54.9 Å². The molecule has 3 amide bonds. The van der Waals surface area contributed by atoms with Gasteiger partial charge in [0.15, 0.2) is 0 Å². The molecule has 5 aliphatic rings. The number of aromatic nitrogens is 5. The smallest absolute Gasteiger partial charge is 0.237 e. The van der Waals surface area contributed by atoms with Gasteiger partial charge in [0, 0.05) is 94.7 Å². The van der Waals surface area contributed by atoms with Crippen molar-refractivity contribution >= 4 is 57.3 Å². The number of nitrogens with one attached hydrogen (secondary N) is 3. The Labute approximate surface area is 341 Å². The number of amides is 3. The molecule has 304 valence electrons. The Kier molecular flexibility index (Phi) is 9.50. The highest BCUT2D eigenvalue weighted by Crippen LogP contribution is 2.38. The zero-order valence-corrected chi connectivity index (χ0v) is 33.4. The van der Waals surface area contributed by atoms with Crippen molar-refractivity contribution in [3.63, 3.8) is 0 Å². The summed E-state index contributed by atoms with van der Waals surface area (Å²) in [5.41, 5.74) is 9.94. The lowest BCUT2D eigenvalue weighted by Gasteiger charge is -2.49. The Balaban J connectivity index is 0.726. The zero-order valence-electron chi connectivity index (χ0n) is 33.4. The Morgan fingerprint density at radius 3 is 2.66 bits per heavy atom. The highest BCUT2D eigenvalue weighted by Gasteiger charge is 2.37. The van der Waals surface area contributed by atoms with Gasteiger partial charge in [-0.3, -0.25) is 29.3 Å². The molecule has 5 aliphatic heterocycles. The minimum atomic E-state index is -0.429. The zero-order chi connectivity index (χ0) is 40.2. The maximum absolute atomic E-state index is 13.5. The minimum Gasteiger partial charge on any atom is -0.474 e. The maximum atomic E-state index is 13.5. The highest BCUT2D eigenvalue weighted by molar-refractivity contribution is 6.03. The first-order valence-electron chi connectivity index (χ1n) is 20.6. The molecule has 16 nitrogen and oxygen atoms in total. The number of rotatable bonds is 8. The number of ether oxygens (including phenoxy) is 1. The van der Waals surface area contributed by atoms with Gasteiger partial charge in [-0.1, -0.05) is 24.3 Å². The van der Waals surface area contributed by atoms with Crippen LogP contribution in [0.2, 0.25) is 0 Å². The van der Waals surface area contributed by atoms with Gasteiger partial charge in [0.05, 0.1) is 53.4 Å². The average molecular weight is 797 g/mol. The number of carbonyl (C=O) groups excluding carboxylic acids is 3. The first-order chi connectivity index (χ1) is 28.8. The van der Waals surface area contributed by atoms with Crippen molar-refractivity contribution in [2.75, 3.05) is 79.4 Å². The average Bonchev–Trinajstić information content (AvgIpc) is 3.57. The predicted octanol–water partition coefficient (Wildman–Crippen LogP) is 3.27. The number of hydrogen-bond acceptors (Lipinski definition) is 13. The van der Waals surface area contributed by atoms with Crippen molar-refractivity contribution in [1.82, 2.24) is 39.8 Å². The van der Waals surface area contributed by atoms with Crippen LogP contribution in [-0.4, -0.2) is 117 Å². The van der Waals surface area contributed by atoms with E-state index in [1.807, 2.05) is 65.4 Å². The third-order valence-corrected chi connectivity index (χ3v) is 12.6. The summed E-state index contributed by atoms with van der Waals surface area (Å²) in [5.74, 6) is 0.400. The van der Waals surface area contributed by atoms with Gasteiger partial charge >= 0.3 is 0 Å². The number of aryl methyl sites for hydroxylation is 1. The number of hydrogen-bond donors (Lipinski definition) is 3. The summed E-state index contributed by atoms with van der Waals surface area (Å²) >= 11 is 0. The summed E-state index contributed by atoms with van der Waals surface area (Å²) in [5, 5.41) is 15.0. The second-order valence-corrected chi connectivity index (χ2v) is 16.2. The number of anilines is 5. The van der Waals surface area contributed by atoms with Crippen LogP contribution in [0.5, 0.6) is 5.88 Å². The number of imide groups is 1. The molecular formula is C43H48N12O4.